The van der Waals surface area contributed by atoms with Gasteiger partial charge in [-0.25, -0.2) is 28.1 Å². The van der Waals surface area contributed by atoms with E-state index in [0.717, 1.165) is 17.3 Å². The van der Waals surface area contributed by atoms with Gasteiger partial charge >= 0.3 is 0 Å². The van der Waals surface area contributed by atoms with Crippen molar-refractivity contribution in [2.75, 3.05) is 10.0 Å². The van der Waals surface area contributed by atoms with Gasteiger partial charge in [-0.05, 0) is 61.5 Å². The molecule has 2 heterocycles. The Morgan fingerprint density at radius 1 is 1.03 bits per heavy atom. The van der Waals surface area contributed by atoms with Crippen LogP contribution in [0.15, 0.2) is 89.0 Å². The predicted molar refractivity (Wildman–Crippen MR) is 143 cm³/mol. The molecular weight excluding hydrogens is 532 g/mol. The topological polar surface area (TPSA) is 138 Å². The normalized spacial score (nSPS) is 11.8. The summed E-state index contributed by atoms with van der Waals surface area (Å²) >= 11 is 7.11. The minimum atomic E-state index is -3.89. The number of nitrogens with one attached hydrogen (secondary N) is 2. The number of carbonyl (C=O) groups excluding carboxylic acids is 1. The second kappa shape index (κ2) is 11.4. The molecule has 1 atom stereocenters. The molecule has 0 aliphatic heterocycles. The minimum Gasteiger partial charge on any atom is -0.325 e. The number of rotatable bonds is 8. The molecule has 2 aromatic heterocycles. The summed E-state index contributed by atoms with van der Waals surface area (Å²) in [6.45, 7) is 1.69. The van der Waals surface area contributed by atoms with Crippen molar-refractivity contribution in [2.45, 2.75) is 22.1 Å². The molecule has 0 saturated heterocycles. The van der Waals surface area contributed by atoms with Gasteiger partial charge in [0.25, 0.3) is 10.0 Å². The first kappa shape index (κ1) is 26.1. The van der Waals surface area contributed by atoms with E-state index in [0.29, 0.717) is 27.0 Å². The highest BCUT2D eigenvalue weighted by Gasteiger charge is 2.20. The number of sulfonamides is 1. The fourth-order valence-corrected chi connectivity index (χ4v) is 5.09. The summed E-state index contributed by atoms with van der Waals surface area (Å²) in [4.78, 5) is 25.1. The fraction of sp³-hybridized carbons (Fsp3) is 0.0800. The van der Waals surface area contributed by atoms with Crippen molar-refractivity contribution in [1.29, 1.82) is 5.26 Å². The van der Waals surface area contributed by atoms with Crippen LogP contribution in [0.3, 0.4) is 0 Å². The number of anilines is 2. The zero-order valence-electron chi connectivity index (χ0n) is 19.3. The lowest BCUT2D eigenvalue weighted by Gasteiger charge is -2.14. The number of carbonyl (C=O) groups is 1. The molecule has 186 valence electrons. The van der Waals surface area contributed by atoms with Gasteiger partial charge in [-0.1, -0.05) is 35.5 Å². The van der Waals surface area contributed by atoms with Crippen LogP contribution in [0.1, 0.15) is 12.5 Å². The van der Waals surface area contributed by atoms with E-state index in [1.165, 1.54) is 36.7 Å². The van der Waals surface area contributed by atoms with Crippen molar-refractivity contribution < 1.29 is 13.2 Å². The van der Waals surface area contributed by atoms with E-state index in [4.69, 9.17) is 11.6 Å². The Morgan fingerprint density at radius 3 is 2.35 bits per heavy atom. The maximum atomic E-state index is 12.8. The van der Waals surface area contributed by atoms with Gasteiger partial charge in [-0.2, -0.15) is 5.26 Å². The van der Waals surface area contributed by atoms with Crippen LogP contribution in [0, 0.1) is 11.3 Å². The van der Waals surface area contributed by atoms with E-state index in [1.807, 2.05) is 12.1 Å². The van der Waals surface area contributed by atoms with Gasteiger partial charge < -0.3 is 5.32 Å². The summed E-state index contributed by atoms with van der Waals surface area (Å²) < 4.78 is 27.4. The molecule has 4 aromatic rings. The number of nitriles is 1. The summed E-state index contributed by atoms with van der Waals surface area (Å²) in [5.74, 6) is -0.379. The summed E-state index contributed by atoms with van der Waals surface area (Å²) in [5.41, 5.74) is 2.25. The summed E-state index contributed by atoms with van der Waals surface area (Å²) in [7, 11) is -3.89. The average molecular weight is 551 g/mol. The van der Waals surface area contributed by atoms with E-state index in [-0.39, 0.29) is 16.8 Å². The molecule has 12 heteroatoms. The molecule has 1 unspecified atom stereocenters. The zero-order valence-corrected chi connectivity index (χ0v) is 21.7. The Hall–Kier alpha value is -3.98. The van der Waals surface area contributed by atoms with Crippen LogP contribution in [0.4, 0.5) is 11.6 Å². The van der Waals surface area contributed by atoms with Gasteiger partial charge in [-0.15, -0.1) is 0 Å². The lowest BCUT2D eigenvalue weighted by molar-refractivity contribution is -0.115. The second-order valence-corrected chi connectivity index (χ2v) is 11.1. The number of benzene rings is 2. The molecule has 0 fully saturated rings. The van der Waals surface area contributed by atoms with Gasteiger partial charge in [0.2, 0.25) is 11.9 Å². The molecule has 0 radical (unpaired) electrons. The molecule has 4 rings (SSSR count). The van der Waals surface area contributed by atoms with Crippen molar-refractivity contribution in [3.8, 4) is 17.3 Å². The predicted octanol–water partition coefficient (Wildman–Crippen LogP) is 4.98. The highest BCUT2D eigenvalue weighted by molar-refractivity contribution is 8.00. The molecule has 2 N–H and O–H groups in total. The maximum absolute atomic E-state index is 12.8. The molecule has 9 nitrogen and oxygen atoms in total. The van der Waals surface area contributed by atoms with E-state index >= 15 is 0 Å². The largest absolute Gasteiger partial charge is 0.325 e. The van der Waals surface area contributed by atoms with E-state index in [1.54, 1.807) is 37.3 Å². The minimum absolute atomic E-state index is 0.0118. The molecule has 0 bridgehead atoms. The number of amides is 1. The number of halogens is 1. The molecule has 0 spiro atoms. The third kappa shape index (κ3) is 6.62. The number of aromatic nitrogens is 3. The van der Waals surface area contributed by atoms with Crippen LogP contribution >= 0.6 is 23.4 Å². The van der Waals surface area contributed by atoms with Crippen molar-refractivity contribution in [3.63, 3.8) is 0 Å². The highest BCUT2D eigenvalue weighted by Crippen LogP contribution is 2.29. The fourth-order valence-electron chi connectivity index (χ4n) is 3.11. The van der Waals surface area contributed by atoms with Crippen LogP contribution in [-0.4, -0.2) is 34.5 Å². The van der Waals surface area contributed by atoms with Crippen LogP contribution in [0.5, 0.6) is 0 Å². The van der Waals surface area contributed by atoms with Crippen molar-refractivity contribution >= 4 is 50.9 Å². The summed E-state index contributed by atoms with van der Waals surface area (Å²) in [5, 5.41) is 12.7. The monoisotopic (exact) mass is 550 g/mol. The summed E-state index contributed by atoms with van der Waals surface area (Å²) in [6, 6.07) is 19.9. The van der Waals surface area contributed by atoms with E-state index < -0.39 is 15.3 Å². The second-order valence-electron chi connectivity index (χ2n) is 7.62. The number of hydrogen-bond donors (Lipinski definition) is 2. The lowest BCUT2D eigenvalue weighted by atomic mass is 10.1. The van der Waals surface area contributed by atoms with Crippen molar-refractivity contribution in [3.05, 3.63) is 89.7 Å². The Labute approximate surface area is 223 Å². The third-order valence-corrected chi connectivity index (χ3v) is 7.70. The van der Waals surface area contributed by atoms with Gasteiger partial charge in [0, 0.05) is 28.7 Å². The molecule has 1 amide bonds. The quantitative estimate of drug-likeness (QED) is 0.293. The molecule has 0 aliphatic rings. The van der Waals surface area contributed by atoms with Gasteiger partial charge in [0.1, 0.15) is 11.1 Å². The smallest absolute Gasteiger partial charge is 0.264 e. The zero-order chi connectivity index (χ0) is 26.4. The first-order chi connectivity index (χ1) is 17.7. The van der Waals surface area contributed by atoms with Gasteiger partial charge in [0.15, 0.2) is 0 Å². The van der Waals surface area contributed by atoms with Crippen LogP contribution < -0.4 is 10.0 Å². The molecular formula is C25H19ClN6O3S2. The van der Waals surface area contributed by atoms with Crippen LogP contribution in [0.2, 0.25) is 5.02 Å². The number of pyridine rings is 1. The molecule has 0 saturated carbocycles. The molecule has 2 aromatic carbocycles. The first-order valence-electron chi connectivity index (χ1n) is 10.8. The van der Waals surface area contributed by atoms with Crippen molar-refractivity contribution in [2.24, 2.45) is 0 Å². The average Bonchev–Trinajstić information content (AvgIpc) is 2.89. The lowest BCUT2D eigenvalue weighted by Crippen LogP contribution is -2.22. The number of nitrogens with zero attached hydrogens (tertiary/aromatic N) is 4. The van der Waals surface area contributed by atoms with Gasteiger partial charge in [0.05, 0.1) is 21.4 Å². The Balaban J connectivity index is 1.44. The summed E-state index contributed by atoms with van der Waals surface area (Å²) in [6.07, 6.45) is 2.84. The Bertz CT molecular complexity index is 1560. The van der Waals surface area contributed by atoms with Crippen molar-refractivity contribution in [1.82, 2.24) is 15.0 Å². The molecule has 37 heavy (non-hydrogen) atoms. The van der Waals surface area contributed by atoms with Gasteiger partial charge in [-0.3, -0.25) is 4.79 Å². The Morgan fingerprint density at radius 2 is 1.70 bits per heavy atom. The highest BCUT2D eigenvalue weighted by atomic mass is 35.5. The van der Waals surface area contributed by atoms with E-state index in [2.05, 4.69) is 31.1 Å². The first-order valence-corrected chi connectivity index (χ1v) is 13.5. The Kier molecular flexibility index (Phi) is 8.03. The molecule has 0 aliphatic carbocycles. The SMILES string of the molecule is CC(Sc1nc(-c2ccc(Cl)cc2)ccc1C#N)C(=O)Nc1ccc(S(=O)(=O)Nc2ncccn2)cc1. The number of thioether (sulfide) groups is 1. The van der Waals surface area contributed by atoms with Crippen LogP contribution in [0.25, 0.3) is 11.3 Å². The van der Waals surface area contributed by atoms with E-state index in [9.17, 15) is 18.5 Å². The standard InChI is InChI=1S/C25H19ClN6O3S2/c1-16(36-24-18(15-27)5-12-22(31-24)17-3-6-19(26)7-4-17)23(33)30-20-8-10-21(11-9-20)37(34,35)32-25-28-13-2-14-29-25/h2-14,16H,1H3,(H,30,33)(H,28,29,32). The number of hydrogen-bond acceptors (Lipinski definition) is 8. The maximum Gasteiger partial charge on any atom is 0.264 e. The van der Waals surface area contributed by atoms with Crippen LogP contribution in [-0.2, 0) is 14.8 Å². The third-order valence-electron chi connectivity index (χ3n) is 5.00.